The fourth-order valence-electron chi connectivity index (χ4n) is 0.378. The number of hydrogen-bond acceptors (Lipinski definition) is 2. The Balaban J connectivity index is 3.04. The van der Waals surface area contributed by atoms with Gasteiger partial charge >= 0.3 is 0 Å². The summed E-state index contributed by atoms with van der Waals surface area (Å²) in [4.78, 5) is 3.83. The average Bonchev–Trinajstić information content (AvgIpc) is 1.87. The summed E-state index contributed by atoms with van der Waals surface area (Å²) in [6.07, 6.45) is 1.67. The summed E-state index contributed by atoms with van der Waals surface area (Å²) in [6, 6.07) is 0. The second-order valence-corrected chi connectivity index (χ2v) is 1.85. The Hall–Kier alpha value is -0.258. The molecule has 0 bridgehead atoms. The minimum Gasteiger partial charge on any atom is -0.468 e. The zero-order chi connectivity index (χ0) is 5.28. The van der Waals surface area contributed by atoms with Crippen LogP contribution in [0.4, 0.5) is 0 Å². The molecule has 0 fully saturated rings. The molecule has 0 aromatic carbocycles. The third kappa shape index (κ3) is 1.05. The lowest BCUT2D eigenvalue weighted by atomic mass is 10.8. The topological polar surface area (TPSA) is 26.0 Å². The van der Waals surface area contributed by atoms with E-state index >= 15 is 0 Å². The minimum atomic E-state index is 0.713. The summed E-state index contributed by atoms with van der Waals surface area (Å²) in [7, 11) is 0. The van der Waals surface area contributed by atoms with Crippen LogP contribution >= 0.6 is 0 Å². The molecule has 0 N–H and O–H groups in total. The molecule has 1 aromatic heterocycles. The predicted octanol–water partition coefficient (Wildman–Crippen LogP) is -0.223. The molecular formula is C4H4AlNO. The Bertz CT molecular complexity index is 144. The van der Waals surface area contributed by atoms with Gasteiger partial charge in [-0.25, -0.2) is 4.98 Å². The lowest BCUT2D eigenvalue weighted by Crippen LogP contribution is -1.93. The van der Waals surface area contributed by atoms with Gasteiger partial charge < -0.3 is 4.42 Å². The molecule has 0 aliphatic heterocycles. The predicted molar refractivity (Wildman–Crippen MR) is 26.6 cm³/mol. The van der Waals surface area contributed by atoms with Crippen LogP contribution in [0.5, 0.6) is 0 Å². The first kappa shape index (κ1) is 4.89. The van der Waals surface area contributed by atoms with Crippen LogP contribution in [-0.4, -0.2) is 21.3 Å². The van der Waals surface area contributed by atoms with E-state index in [1.54, 1.807) is 6.20 Å². The number of hydrogen-bond donors (Lipinski definition) is 0. The average molecular weight is 109 g/mol. The van der Waals surface area contributed by atoms with Gasteiger partial charge in [-0.05, 0) is 0 Å². The molecule has 0 saturated carbocycles. The van der Waals surface area contributed by atoms with E-state index in [-0.39, 0.29) is 0 Å². The summed E-state index contributed by atoms with van der Waals surface area (Å²) in [5.41, 5.74) is 0. The molecular weight excluding hydrogens is 105 g/mol. The van der Waals surface area contributed by atoms with Crippen molar-refractivity contribution in [3.8, 4) is 0 Å². The van der Waals surface area contributed by atoms with Crippen LogP contribution in [0.15, 0.2) is 10.6 Å². The largest absolute Gasteiger partial charge is 0.468 e. The van der Waals surface area contributed by atoms with Crippen LogP contribution < -0.4 is 4.62 Å². The molecule has 34 valence electrons. The quantitative estimate of drug-likeness (QED) is 0.430. The van der Waals surface area contributed by atoms with Crippen LogP contribution in [0, 0.1) is 6.92 Å². The summed E-state index contributed by atoms with van der Waals surface area (Å²) in [5.74, 6) is 0.713. The molecule has 1 aromatic rings. The van der Waals surface area contributed by atoms with Crippen LogP contribution in [-0.2, 0) is 0 Å². The van der Waals surface area contributed by atoms with E-state index in [1.165, 1.54) is 0 Å². The van der Waals surface area contributed by atoms with Crippen molar-refractivity contribution in [2.45, 2.75) is 6.92 Å². The Labute approximate surface area is 50.0 Å². The number of oxazole rings is 1. The Morgan fingerprint density at radius 2 is 2.57 bits per heavy atom. The maximum absolute atomic E-state index is 4.94. The number of aromatic nitrogens is 1. The molecule has 1 heterocycles. The highest BCUT2D eigenvalue weighted by atomic mass is 27.0. The molecule has 3 heteroatoms. The summed E-state index contributed by atoms with van der Waals surface area (Å²) in [6.45, 7) is 1.81. The molecule has 7 heavy (non-hydrogen) atoms. The van der Waals surface area contributed by atoms with E-state index in [4.69, 9.17) is 4.42 Å². The van der Waals surface area contributed by atoms with Crippen molar-refractivity contribution in [1.82, 2.24) is 4.98 Å². The van der Waals surface area contributed by atoms with E-state index in [0.29, 0.717) is 5.89 Å². The highest BCUT2D eigenvalue weighted by Gasteiger charge is 1.86. The van der Waals surface area contributed by atoms with Gasteiger partial charge in [0.15, 0.2) is 5.89 Å². The smallest absolute Gasteiger partial charge is 0.244 e. The molecule has 0 unspecified atom stereocenters. The lowest BCUT2D eigenvalue weighted by Gasteiger charge is -1.75. The first-order valence-electron chi connectivity index (χ1n) is 1.97. The van der Waals surface area contributed by atoms with Gasteiger partial charge in [0.05, 0.1) is 0 Å². The molecule has 0 aliphatic rings. The number of nitrogens with zero attached hydrogens (tertiary/aromatic N) is 1. The van der Waals surface area contributed by atoms with Gasteiger partial charge in [-0.3, -0.25) is 0 Å². The van der Waals surface area contributed by atoms with E-state index in [9.17, 15) is 0 Å². The van der Waals surface area contributed by atoms with Gasteiger partial charge in [0.2, 0.25) is 16.3 Å². The minimum absolute atomic E-state index is 0.713. The zero-order valence-corrected chi connectivity index (χ0v) is 5.16. The van der Waals surface area contributed by atoms with Crippen molar-refractivity contribution >= 4 is 20.9 Å². The SMILES string of the molecule is Cc1nc[c]([Al])o1. The Morgan fingerprint density at radius 1 is 1.86 bits per heavy atom. The second kappa shape index (κ2) is 1.69. The van der Waals surface area contributed by atoms with Gasteiger partial charge in [0.1, 0.15) is 0 Å². The standard InChI is InChI=1S/C4H4NO.Al/c1-4-5-2-3-6-4;/h2H,1H3;. The highest BCUT2D eigenvalue weighted by molar-refractivity contribution is 6.29. The van der Waals surface area contributed by atoms with E-state index < -0.39 is 0 Å². The van der Waals surface area contributed by atoms with Gasteiger partial charge in [-0.1, -0.05) is 0 Å². The zero-order valence-electron chi connectivity index (χ0n) is 4.01. The molecule has 0 atom stereocenters. The van der Waals surface area contributed by atoms with E-state index in [0.717, 1.165) is 4.62 Å². The fourth-order valence-corrected chi connectivity index (χ4v) is 0.623. The summed E-state index contributed by atoms with van der Waals surface area (Å²) < 4.78 is 5.72. The fraction of sp³-hybridized carbons (Fsp3) is 0.250. The van der Waals surface area contributed by atoms with E-state index in [1.807, 2.05) is 6.92 Å². The monoisotopic (exact) mass is 109 g/mol. The second-order valence-electron chi connectivity index (χ2n) is 1.28. The maximum Gasteiger partial charge on any atom is 0.244 e. The van der Waals surface area contributed by atoms with Gasteiger partial charge in [0, 0.05) is 17.7 Å². The Morgan fingerprint density at radius 3 is 2.71 bits per heavy atom. The van der Waals surface area contributed by atoms with Crippen LogP contribution in [0.25, 0.3) is 0 Å². The van der Waals surface area contributed by atoms with E-state index in [2.05, 4.69) is 21.3 Å². The lowest BCUT2D eigenvalue weighted by molar-refractivity contribution is 0.550. The van der Waals surface area contributed by atoms with Crippen LogP contribution in [0.3, 0.4) is 0 Å². The molecule has 1 rings (SSSR count). The molecule has 0 aliphatic carbocycles. The van der Waals surface area contributed by atoms with Crippen molar-refractivity contribution < 1.29 is 4.42 Å². The van der Waals surface area contributed by atoms with Crippen LogP contribution in [0.2, 0.25) is 0 Å². The van der Waals surface area contributed by atoms with Crippen molar-refractivity contribution in [2.24, 2.45) is 0 Å². The van der Waals surface area contributed by atoms with Gasteiger partial charge in [-0.15, -0.1) is 0 Å². The van der Waals surface area contributed by atoms with Crippen molar-refractivity contribution in [1.29, 1.82) is 0 Å². The van der Waals surface area contributed by atoms with Crippen LogP contribution in [0.1, 0.15) is 5.89 Å². The summed E-state index contributed by atoms with van der Waals surface area (Å²) >= 11 is 2.42. The van der Waals surface area contributed by atoms with Crippen molar-refractivity contribution in [3.63, 3.8) is 0 Å². The highest BCUT2D eigenvalue weighted by Crippen LogP contribution is 1.83. The third-order valence-electron chi connectivity index (χ3n) is 0.639. The molecule has 0 amide bonds. The molecule has 2 nitrogen and oxygen atoms in total. The number of aryl methyl sites for hydroxylation is 1. The molecule has 0 spiro atoms. The Kier molecular flexibility index (Phi) is 1.18. The first-order valence-corrected chi connectivity index (χ1v) is 2.54. The maximum atomic E-state index is 4.94. The first-order chi connectivity index (χ1) is 3.29. The van der Waals surface area contributed by atoms with Crippen molar-refractivity contribution in [2.75, 3.05) is 0 Å². The molecule has 2 radical (unpaired) electrons. The normalized spacial score (nSPS) is 9.29. The van der Waals surface area contributed by atoms with Gasteiger partial charge in [-0.2, -0.15) is 0 Å². The summed E-state index contributed by atoms with van der Waals surface area (Å²) in [5, 5.41) is 0. The molecule has 0 saturated heterocycles. The van der Waals surface area contributed by atoms with Gasteiger partial charge in [0.25, 0.3) is 0 Å². The third-order valence-corrected chi connectivity index (χ3v) is 0.906. The van der Waals surface area contributed by atoms with Crippen molar-refractivity contribution in [3.05, 3.63) is 12.1 Å². The number of rotatable bonds is 0.